The Labute approximate surface area is 156 Å². The van der Waals surface area contributed by atoms with E-state index in [1.54, 1.807) is 24.3 Å². The van der Waals surface area contributed by atoms with Crippen LogP contribution in [-0.2, 0) is 15.6 Å². The highest BCUT2D eigenvalue weighted by Gasteiger charge is 2.35. The van der Waals surface area contributed by atoms with Crippen molar-refractivity contribution in [2.45, 2.75) is 12.7 Å². The van der Waals surface area contributed by atoms with E-state index < -0.39 is 15.6 Å². The molecule has 8 heteroatoms. The number of anilines is 1. The Kier molecular flexibility index (Phi) is 4.70. The summed E-state index contributed by atoms with van der Waals surface area (Å²) >= 11 is 12.8. The van der Waals surface area contributed by atoms with E-state index in [9.17, 15) is 13.5 Å². The molecule has 0 atom stereocenters. The maximum absolute atomic E-state index is 12.8. The van der Waals surface area contributed by atoms with Gasteiger partial charge in [-0.15, -0.1) is 0 Å². The van der Waals surface area contributed by atoms with Crippen LogP contribution in [0, 0.1) is 0 Å². The topological polar surface area (TPSA) is 70.5 Å². The zero-order valence-electron chi connectivity index (χ0n) is 13.6. The third kappa shape index (κ3) is 2.99. The third-order valence-electron chi connectivity index (χ3n) is 4.17. The van der Waals surface area contributed by atoms with Gasteiger partial charge in [0, 0.05) is 25.4 Å². The molecule has 2 aromatic rings. The SMILES string of the molecule is CCN(C)c1ccc(Cl)c(C2=C(O)c3ncccc3CS2(=O)=O)c1Cl. The van der Waals surface area contributed by atoms with Gasteiger partial charge in [0.15, 0.2) is 15.6 Å². The van der Waals surface area contributed by atoms with Crippen LogP contribution in [0.5, 0.6) is 0 Å². The first kappa shape index (κ1) is 18.0. The lowest BCUT2D eigenvalue weighted by atomic mass is 10.1. The molecular formula is C17H16Cl2N2O3S. The fraction of sp³-hybridized carbons (Fsp3) is 0.235. The monoisotopic (exact) mass is 398 g/mol. The second kappa shape index (κ2) is 6.52. The zero-order valence-corrected chi connectivity index (χ0v) is 16.0. The molecule has 2 heterocycles. The Morgan fingerprint density at radius 3 is 2.68 bits per heavy atom. The molecule has 1 aliphatic rings. The van der Waals surface area contributed by atoms with E-state index >= 15 is 0 Å². The average Bonchev–Trinajstić information content (AvgIpc) is 2.56. The molecule has 1 aromatic heterocycles. The number of pyridine rings is 1. The smallest absolute Gasteiger partial charge is 0.187 e. The van der Waals surface area contributed by atoms with Crippen LogP contribution in [0.2, 0.25) is 10.0 Å². The lowest BCUT2D eigenvalue weighted by Gasteiger charge is -2.24. The van der Waals surface area contributed by atoms with Gasteiger partial charge in [0.1, 0.15) is 10.6 Å². The van der Waals surface area contributed by atoms with Crippen LogP contribution in [-0.4, -0.2) is 32.1 Å². The summed E-state index contributed by atoms with van der Waals surface area (Å²) in [7, 11) is -2.00. The number of rotatable bonds is 3. The predicted molar refractivity (Wildman–Crippen MR) is 102 cm³/mol. The Morgan fingerprint density at radius 2 is 2.00 bits per heavy atom. The molecule has 1 N–H and O–H groups in total. The standard InChI is InChI=1S/C17H16Cl2N2O3S/c1-3-21(2)12-7-6-11(18)13(14(12)19)17-16(22)15-10(5-4-8-20-15)9-25(17,23)24/h4-8,22H,3,9H2,1-2H3. The van der Waals surface area contributed by atoms with E-state index in [0.29, 0.717) is 17.8 Å². The summed E-state index contributed by atoms with van der Waals surface area (Å²) in [6.07, 6.45) is 1.50. The van der Waals surface area contributed by atoms with Gasteiger partial charge in [-0.1, -0.05) is 29.3 Å². The van der Waals surface area contributed by atoms with Gasteiger partial charge in [0.05, 0.1) is 21.5 Å². The Morgan fingerprint density at radius 1 is 1.28 bits per heavy atom. The number of aliphatic hydroxyl groups excluding tert-OH is 1. The minimum Gasteiger partial charge on any atom is -0.504 e. The number of hydrogen-bond donors (Lipinski definition) is 1. The molecule has 5 nitrogen and oxygen atoms in total. The van der Waals surface area contributed by atoms with E-state index in [2.05, 4.69) is 4.98 Å². The number of aliphatic hydroxyl groups is 1. The zero-order chi connectivity index (χ0) is 18.4. The van der Waals surface area contributed by atoms with Crippen LogP contribution in [0.4, 0.5) is 5.69 Å². The van der Waals surface area contributed by atoms with Crippen LogP contribution in [0.3, 0.4) is 0 Å². The first-order chi connectivity index (χ1) is 11.8. The summed E-state index contributed by atoms with van der Waals surface area (Å²) in [4.78, 5) is 5.69. The van der Waals surface area contributed by atoms with Crippen molar-refractivity contribution in [3.8, 4) is 0 Å². The van der Waals surface area contributed by atoms with Crippen LogP contribution < -0.4 is 4.90 Å². The molecule has 0 spiro atoms. The van der Waals surface area contributed by atoms with Gasteiger partial charge in [-0.05, 0) is 30.7 Å². The molecule has 0 saturated carbocycles. The van der Waals surface area contributed by atoms with Gasteiger partial charge < -0.3 is 10.0 Å². The van der Waals surface area contributed by atoms with Crippen molar-refractivity contribution < 1.29 is 13.5 Å². The molecule has 0 saturated heterocycles. The number of hydrogen-bond acceptors (Lipinski definition) is 5. The quantitative estimate of drug-likeness (QED) is 0.840. The lowest BCUT2D eigenvalue weighted by molar-refractivity contribution is 0.508. The molecule has 0 fully saturated rings. The van der Waals surface area contributed by atoms with Crippen molar-refractivity contribution >= 4 is 49.4 Å². The van der Waals surface area contributed by atoms with E-state index in [-0.39, 0.29) is 32.0 Å². The van der Waals surface area contributed by atoms with Gasteiger partial charge in [-0.25, -0.2) is 8.42 Å². The summed E-state index contributed by atoms with van der Waals surface area (Å²) < 4.78 is 25.7. The van der Waals surface area contributed by atoms with Crippen molar-refractivity contribution in [2.75, 3.05) is 18.5 Å². The summed E-state index contributed by atoms with van der Waals surface area (Å²) in [5.41, 5.74) is 1.41. The highest BCUT2D eigenvalue weighted by molar-refractivity contribution is 8.00. The van der Waals surface area contributed by atoms with Crippen molar-refractivity contribution in [3.05, 3.63) is 57.3 Å². The fourth-order valence-corrected chi connectivity index (χ4v) is 5.31. The Balaban J connectivity index is 2.36. The van der Waals surface area contributed by atoms with Gasteiger partial charge in [0.2, 0.25) is 0 Å². The van der Waals surface area contributed by atoms with E-state index in [1.807, 2.05) is 18.9 Å². The number of benzene rings is 1. The number of halogens is 2. The van der Waals surface area contributed by atoms with Crippen molar-refractivity contribution in [1.29, 1.82) is 0 Å². The third-order valence-corrected chi connectivity index (χ3v) is 6.58. The van der Waals surface area contributed by atoms with Crippen molar-refractivity contribution in [2.24, 2.45) is 0 Å². The normalized spacial score (nSPS) is 15.8. The highest BCUT2D eigenvalue weighted by atomic mass is 35.5. The molecule has 0 amide bonds. The number of aromatic nitrogens is 1. The molecule has 132 valence electrons. The molecule has 25 heavy (non-hydrogen) atoms. The maximum Gasteiger partial charge on any atom is 0.187 e. The van der Waals surface area contributed by atoms with Gasteiger partial charge in [-0.2, -0.15) is 0 Å². The van der Waals surface area contributed by atoms with Crippen LogP contribution in [0.15, 0.2) is 30.5 Å². The molecular weight excluding hydrogens is 383 g/mol. The summed E-state index contributed by atoms with van der Waals surface area (Å²) in [6, 6.07) is 6.55. The lowest BCUT2D eigenvalue weighted by Crippen LogP contribution is -2.19. The second-order valence-corrected chi connectivity index (χ2v) is 8.43. The van der Waals surface area contributed by atoms with E-state index in [0.717, 1.165) is 0 Å². The average molecular weight is 399 g/mol. The molecule has 0 radical (unpaired) electrons. The predicted octanol–water partition coefficient (Wildman–Crippen LogP) is 4.16. The van der Waals surface area contributed by atoms with Crippen LogP contribution in [0.25, 0.3) is 10.7 Å². The van der Waals surface area contributed by atoms with E-state index in [1.165, 1.54) is 6.20 Å². The summed E-state index contributed by atoms with van der Waals surface area (Å²) in [5.74, 6) is -0.697. The van der Waals surface area contributed by atoms with Gasteiger partial charge in [0.25, 0.3) is 0 Å². The minimum absolute atomic E-state index is 0.106. The molecule has 3 rings (SSSR count). The number of nitrogens with zero attached hydrogens (tertiary/aromatic N) is 2. The van der Waals surface area contributed by atoms with Crippen LogP contribution >= 0.6 is 23.2 Å². The number of sulfone groups is 1. The molecule has 0 aliphatic carbocycles. The van der Waals surface area contributed by atoms with Crippen LogP contribution in [0.1, 0.15) is 23.7 Å². The largest absolute Gasteiger partial charge is 0.504 e. The molecule has 0 unspecified atom stereocenters. The summed E-state index contributed by atoms with van der Waals surface area (Å²) in [5, 5.41) is 11.0. The van der Waals surface area contributed by atoms with Gasteiger partial charge in [-0.3, -0.25) is 4.98 Å². The molecule has 0 bridgehead atoms. The maximum atomic E-state index is 12.8. The van der Waals surface area contributed by atoms with Crippen molar-refractivity contribution in [3.63, 3.8) is 0 Å². The second-order valence-electron chi connectivity index (χ2n) is 5.72. The first-order valence-electron chi connectivity index (χ1n) is 7.57. The Hall–Kier alpha value is -1.76. The highest BCUT2D eigenvalue weighted by Crippen LogP contribution is 2.45. The van der Waals surface area contributed by atoms with Gasteiger partial charge >= 0.3 is 0 Å². The first-order valence-corrected chi connectivity index (χ1v) is 9.98. The molecule has 1 aliphatic heterocycles. The fourth-order valence-electron chi connectivity index (χ4n) is 2.79. The Bertz CT molecular complexity index is 987. The van der Waals surface area contributed by atoms with Crippen molar-refractivity contribution in [1.82, 2.24) is 4.98 Å². The molecule has 1 aromatic carbocycles. The summed E-state index contributed by atoms with van der Waals surface area (Å²) in [6.45, 7) is 2.61. The minimum atomic E-state index is -3.83. The number of fused-ring (bicyclic) bond motifs is 1. The van der Waals surface area contributed by atoms with E-state index in [4.69, 9.17) is 23.2 Å².